The van der Waals surface area contributed by atoms with Gasteiger partial charge in [0, 0.05) is 17.8 Å². The van der Waals surface area contributed by atoms with E-state index >= 15 is 0 Å². The van der Waals surface area contributed by atoms with Crippen molar-refractivity contribution in [1.82, 2.24) is 10.3 Å². The van der Waals surface area contributed by atoms with Gasteiger partial charge in [0.05, 0.1) is 10.7 Å². The van der Waals surface area contributed by atoms with Gasteiger partial charge in [0.2, 0.25) is 0 Å². The SMILES string of the molecule is O=C(COc1ccccc1)NCCc1nc2c(s1)CCCC2. The molecule has 1 aromatic carbocycles. The zero-order chi connectivity index (χ0) is 15.2. The number of carbonyl (C=O) groups is 1. The van der Waals surface area contributed by atoms with Crippen LogP contribution in [0.1, 0.15) is 28.4 Å². The van der Waals surface area contributed by atoms with Gasteiger partial charge in [-0.15, -0.1) is 11.3 Å². The number of fused-ring (bicyclic) bond motifs is 1. The maximum atomic E-state index is 11.7. The number of aryl methyl sites for hydroxylation is 2. The summed E-state index contributed by atoms with van der Waals surface area (Å²) in [6.45, 7) is 0.668. The van der Waals surface area contributed by atoms with Crippen LogP contribution >= 0.6 is 11.3 Å². The van der Waals surface area contributed by atoms with Crippen LogP contribution in [0.25, 0.3) is 0 Å². The number of benzene rings is 1. The molecule has 5 heteroatoms. The lowest BCUT2D eigenvalue weighted by Gasteiger charge is -2.06. The minimum Gasteiger partial charge on any atom is -0.484 e. The van der Waals surface area contributed by atoms with E-state index in [0.717, 1.165) is 17.8 Å². The Morgan fingerprint density at radius 2 is 2.05 bits per heavy atom. The third-order valence-corrected chi connectivity index (χ3v) is 4.88. The second-order valence-corrected chi connectivity index (χ2v) is 6.55. The number of amides is 1. The van der Waals surface area contributed by atoms with Gasteiger partial charge in [0.1, 0.15) is 5.75 Å². The van der Waals surface area contributed by atoms with Crippen molar-refractivity contribution in [3.63, 3.8) is 0 Å². The predicted molar refractivity (Wildman–Crippen MR) is 87.4 cm³/mol. The molecule has 4 nitrogen and oxygen atoms in total. The first-order valence-corrected chi connectivity index (χ1v) is 8.55. The first kappa shape index (κ1) is 15.0. The van der Waals surface area contributed by atoms with Crippen molar-refractivity contribution in [3.05, 3.63) is 45.9 Å². The van der Waals surface area contributed by atoms with Crippen LogP contribution in [-0.2, 0) is 24.1 Å². The summed E-state index contributed by atoms with van der Waals surface area (Å²) >= 11 is 1.80. The fourth-order valence-corrected chi connectivity index (χ4v) is 3.69. The smallest absolute Gasteiger partial charge is 0.257 e. The van der Waals surface area contributed by atoms with E-state index in [1.54, 1.807) is 11.3 Å². The molecule has 22 heavy (non-hydrogen) atoms. The quantitative estimate of drug-likeness (QED) is 0.891. The number of nitrogens with one attached hydrogen (secondary N) is 1. The number of hydrogen-bond acceptors (Lipinski definition) is 4. The number of ether oxygens (including phenoxy) is 1. The summed E-state index contributed by atoms with van der Waals surface area (Å²) in [4.78, 5) is 17.9. The minimum absolute atomic E-state index is 0.0540. The Bertz CT molecular complexity index is 601. The van der Waals surface area contributed by atoms with Crippen LogP contribution in [-0.4, -0.2) is 24.0 Å². The minimum atomic E-state index is -0.0924. The molecule has 1 aliphatic carbocycles. The van der Waals surface area contributed by atoms with E-state index in [1.807, 2.05) is 30.3 Å². The number of nitrogens with zero attached hydrogens (tertiary/aromatic N) is 1. The lowest BCUT2D eigenvalue weighted by atomic mass is 10.0. The van der Waals surface area contributed by atoms with Crippen molar-refractivity contribution in [2.75, 3.05) is 13.2 Å². The summed E-state index contributed by atoms with van der Waals surface area (Å²) in [5, 5.41) is 4.02. The molecule has 0 bridgehead atoms. The second-order valence-electron chi connectivity index (χ2n) is 5.39. The van der Waals surface area contributed by atoms with Crippen molar-refractivity contribution in [2.45, 2.75) is 32.1 Å². The summed E-state index contributed by atoms with van der Waals surface area (Å²) in [7, 11) is 0. The van der Waals surface area contributed by atoms with Crippen LogP contribution in [0.5, 0.6) is 5.75 Å². The van der Waals surface area contributed by atoms with Gasteiger partial charge in [-0.25, -0.2) is 4.98 Å². The summed E-state index contributed by atoms with van der Waals surface area (Å²) in [6, 6.07) is 9.37. The third-order valence-electron chi connectivity index (χ3n) is 3.66. The Morgan fingerprint density at radius 3 is 2.86 bits per heavy atom. The number of thiazole rings is 1. The second kappa shape index (κ2) is 7.40. The highest BCUT2D eigenvalue weighted by atomic mass is 32.1. The molecule has 0 saturated heterocycles. The topological polar surface area (TPSA) is 51.2 Å². The Morgan fingerprint density at radius 1 is 1.23 bits per heavy atom. The van der Waals surface area contributed by atoms with Gasteiger partial charge in [-0.1, -0.05) is 18.2 Å². The highest BCUT2D eigenvalue weighted by Gasteiger charge is 2.14. The van der Waals surface area contributed by atoms with Gasteiger partial charge < -0.3 is 10.1 Å². The van der Waals surface area contributed by atoms with Crippen LogP contribution in [0.15, 0.2) is 30.3 Å². The number of carbonyl (C=O) groups excluding carboxylic acids is 1. The maximum Gasteiger partial charge on any atom is 0.257 e. The van der Waals surface area contributed by atoms with Gasteiger partial charge in [-0.3, -0.25) is 4.79 Å². The molecule has 0 spiro atoms. The molecule has 116 valence electrons. The molecular formula is C17H20N2O2S. The Hall–Kier alpha value is -1.88. The van der Waals surface area contributed by atoms with Crippen LogP contribution in [0.2, 0.25) is 0 Å². The summed E-state index contributed by atoms with van der Waals surface area (Å²) in [5.74, 6) is 0.621. The third kappa shape index (κ3) is 4.07. The molecule has 0 fully saturated rings. The predicted octanol–water partition coefficient (Wildman–Crippen LogP) is 2.76. The van der Waals surface area contributed by atoms with Crippen molar-refractivity contribution in [2.24, 2.45) is 0 Å². The molecule has 0 aliphatic heterocycles. The molecule has 0 unspecified atom stereocenters. The molecule has 2 aromatic rings. The zero-order valence-electron chi connectivity index (χ0n) is 12.5. The van der Waals surface area contributed by atoms with E-state index in [9.17, 15) is 4.79 Å². The van der Waals surface area contributed by atoms with Crippen LogP contribution in [0, 0.1) is 0 Å². The normalized spacial score (nSPS) is 13.5. The van der Waals surface area contributed by atoms with Gasteiger partial charge in [0.25, 0.3) is 5.91 Å². The van der Waals surface area contributed by atoms with Crippen molar-refractivity contribution >= 4 is 17.2 Å². The molecule has 3 rings (SSSR count). The first-order chi connectivity index (χ1) is 10.8. The molecule has 1 amide bonds. The van der Waals surface area contributed by atoms with E-state index in [4.69, 9.17) is 4.74 Å². The lowest BCUT2D eigenvalue weighted by molar-refractivity contribution is -0.123. The number of hydrogen-bond donors (Lipinski definition) is 1. The zero-order valence-corrected chi connectivity index (χ0v) is 13.3. The molecule has 1 N–H and O–H groups in total. The Kier molecular flexibility index (Phi) is 5.06. The average molecular weight is 316 g/mol. The maximum absolute atomic E-state index is 11.7. The van der Waals surface area contributed by atoms with Gasteiger partial charge in [-0.05, 0) is 37.8 Å². The number of rotatable bonds is 6. The molecule has 1 aromatic heterocycles. The average Bonchev–Trinajstić information content (AvgIpc) is 2.96. The Labute approximate surface area is 134 Å². The molecular weight excluding hydrogens is 296 g/mol. The molecule has 0 atom stereocenters. The van der Waals surface area contributed by atoms with Crippen molar-refractivity contribution in [3.8, 4) is 5.75 Å². The van der Waals surface area contributed by atoms with Gasteiger partial charge in [-0.2, -0.15) is 0 Å². The lowest BCUT2D eigenvalue weighted by Crippen LogP contribution is -2.30. The molecule has 1 aliphatic rings. The van der Waals surface area contributed by atoms with E-state index in [0.29, 0.717) is 12.3 Å². The number of para-hydroxylation sites is 1. The highest BCUT2D eigenvalue weighted by Crippen LogP contribution is 2.26. The largest absolute Gasteiger partial charge is 0.484 e. The fourth-order valence-electron chi connectivity index (χ4n) is 2.54. The standard InChI is InChI=1S/C17H20N2O2S/c20-16(12-21-13-6-2-1-3-7-13)18-11-10-17-19-14-8-4-5-9-15(14)22-17/h1-3,6-7H,4-5,8-12H2,(H,18,20). The fraction of sp³-hybridized carbons (Fsp3) is 0.412. The van der Waals surface area contributed by atoms with Crippen LogP contribution in [0.3, 0.4) is 0 Å². The van der Waals surface area contributed by atoms with Gasteiger partial charge >= 0.3 is 0 Å². The highest BCUT2D eigenvalue weighted by molar-refractivity contribution is 7.11. The monoisotopic (exact) mass is 316 g/mol. The van der Waals surface area contributed by atoms with E-state index in [1.165, 1.54) is 29.8 Å². The van der Waals surface area contributed by atoms with Crippen LogP contribution in [0.4, 0.5) is 0 Å². The molecule has 1 heterocycles. The van der Waals surface area contributed by atoms with Crippen LogP contribution < -0.4 is 10.1 Å². The molecule has 0 radical (unpaired) electrons. The number of aromatic nitrogens is 1. The summed E-state index contributed by atoms with van der Waals surface area (Å²) in [5.41, 5.74) is 1.28. The van der Waals surface area contributed by atoms with Crippen molar-refractivity contribution < 1.29 is 9.53 Å². The first-order valence-electron chi connectivity index (χ1n) is 7.73. The van der Waals surface area contributed by atoms with E-state index in [2.05, 4.69) is 10.3 Å². The van der Waals surface area contributed by atoms with Gasteiger partial charge in [0.15, 0.2) is 6.61 Å². The summed E-state index contributed by atoms with van der Waals surface area (Å²) < 4.78 is 5.41. The van der Waals surface area contributed by atoms with E-state index in [-0.39, 0.29) is 12.5 Å². The van der Waals surface area contributed by atoms with Crippen molar-refractivity contribution in [1.29, 1.82) is 0 Å². The Balaban J connectivity index is 1.39. The summed E-state index contributed by atoms with van der Waals surface area (Å²) in [6.07, 6.45) is 5.62. The van der Waals surface area contributed by atoms with E-state index < -0.39 is 0 Å². The molecule has 0 saturated carbocycles.